The molecule has 0 fully saturated rings. The van der Waals surface area contributed by atoms with Crippen LogP contribution >= 0.6 is 15.9 Å². The predicted octanol–water partition coefficient (Wildman–Crippen LogP) is 3.94. The molecule has 0 saturated heterocycles. The van der Waals surface area contributed by atoms with Crippen molar-refractivity contribution in [2.45, 2.75) is 13.0 Å². The van der Waals surface area contributed by atoms with Gasteiger partial charge in [0.1, 0.15) is 0 Å². The van der Waals surface area contributed by atoms with E-state index in [0.717, 1.165) is 4.47 Å². The topological polar surface area (TPSA) is 101 Å². The number of carboxylic acids is 2. The second-order valence-corrected chi connectivity index (χ2v) is 6.24. The van der Waals surface area contributed by atoms with Gasteiger partial charge in [0.2, 0.25) is 0 Å². The van der Waals surface area contributed by atoms with Crippen LogP contribution in [-0.2, 0) is 9.59 Å². The maximum atomic E-state index is 9.55. The monoisotopic (exact) mass is 417 g/mol. The van der Waals surface area contributed by atoms with Gasteiger partial charge < -0.3 is 15.9 Å². The van der Waals surface area contributed by atoms with Crippen molar-refractivity contribution in [1.82, 2.24) is 0 Å². The molecule has 0 aliphatic heterocycles. The first-order valence-corrected chi connectivity index (χ1v) is 8.51. The van der Waals surface area contributed by atoms with Crippen LogP contribution in [0, 0.1) is 0 Å². The lowest BCUT2D eigenvalue weighted by Gasteiger charge is -2.10. The minimum Gasteiger partial charge on any atom is -0.478 e. The lowest BCUT2D eigenvalue weighted by atomic mass is 9.96. The van der Waals surface area contributed by atoms with Crippen LogP contribution in [0.25, 0.3) is 5.57 Å². The molecule has 4 N–H and O–H groups in total. The summed E-state index contributed by atoms with van der Waals surface area (Å²) in [6.45, 7) is 1.99. The van der Waals surface area contributed by atoms with Crippen molar-refractivity contribution in [3.63, 3.8) is 0 Å². The van der Waals surface area contributed by atoms with Gasteiger partial charge in [-0.1, -0.05) is 64.5 Å². The molecule has 0 aliphatic rings. The third-order valence-corrected chi connectivity index (χ3v) is 3.57. The molecule has 0 bridgehead atoms. The molecular formula is C20H20BrNO4. The number of rotatable bonds is 5. The third kappa shape index (κ3) is 8.41. The van der Waals surface area contributed by atoms with E-state index < -0.39 is 11.9 Å². The Bertz CT molecular complexity index is 765. The summed E-state index contributed by atoms with van der Waals surface area (Å²) in [4.78, 5) is 19.1. The Morgan fingerprint density at radius 3 is 1.81 bits per heavy atom. The summed E-state index contributed by atoms with van der Waals surface area (Å²) in [6, 6.07) is 18.7. The molecule has 2 aromatic carbocycles. The Labute approximate surface area is 160 Å². The lowest BCUT2D eigenvalue weighted by Crippen LogP contribution is -2.11. The van der Waals surface area contributed by atoms with Gasteiger partial charge in [-0.2, -0.15) is 0 Å². The van der Waals surface area contributed by atoms with Crippen molar-refractivity contribution >= 4 is 33.4 Å². The molecule has 136 valence electrons. The molecule has 2 aromatic rings. The summed E-state index contributed by atoms with van der Waals surface area (Å²) >= 11 is 3.46. The van der Waals surface area contributed by atoms with Gasteiger partial charge in [0.25, 0.3) is 0 Å². The molecule has 0 heterocycles. The number of hydrogen-bond donors (Lipinski definition) is 3. The van der Waals surface area contributed by atoms with Crippen molar-refractivity contribution in [3.05, 3.63) is 88.4 Å². The number of benzene rings is 2. The molecule has 0 aromatic heterocycles. The maximum Gasteiger partial charge on any atom is 0.328 e. The van der Waals surface area contributed by atoms with E-state index in [4.69, 9.17) is 15.9 Å². The molecule has 5 nitrogen and oxygen atoms in total. The highest BCUT2D eigenvalue weighted by atomic mass is 79.9. The van der Waals surface area contributed by atoms with Crippen LogP contribution in [0.3, 0.4) is 0 Å². The van der Waals surface area contributed by atoms with Crippen LogP contribution in [0.15, 0.2) is 77.3 Å². The highest BCUT2D eigenvalue weighted by Crippen LogP contribution is 2.25. The van der Waals surface area contributed by atoms with E-state index in [1.54, 1.807) is 0 Å². The van der Waals surface area contributed by atoms with E-state index in [2.05, 4.69) is 46.3 Å². The predicted molar refractivity (Wildman–Crippen MR) is 106 cm³/mol. The van der Waals surface area contributed by atoms with E-state index in [1.807, 2.05) is 37.3 Å². The zero-order chi connectivity index (χ0) is 19.5. The third-order valence-electron chi connectivity index (χ3n) is 3.04. The molecule has 2 rings (SSSR count). The highest BCUT2D eigenvalue weighted by molar-refractivity contribution is 9.10. The molecule has 0 radical (unpaired) electrons. The van der Waals surface area contributed by atoms with Gasteiger partial charge in [0.15, 0.2) is 0 Å². The van der Waals surface area contributed by atoms with Gasteiger partial charge in [-0.05, 0) is 35.8 Å². The number of carboxylic acid groups (broad SMARTS) is 2. The molecule has 0 saturated carbocycles. The van der Waals surface area contributed by atoms with Crippen LogP contribution in [-0.4, -0.2) is 28.2 Å². The standard InChI is InChI=1S/C16H16BrN.C4H4O4/c1-12(18)11-16(13-5-3-2-4-6-13)14-7-9-15(17)10-8-14;5-3(6)1-2-4(7)8/h2-12H,18H2,1H3;1-2H,(H,5,6)(H,7,8)/b16-11-;2-1-. The molecular weight excluding hydrogens is 398 g/mol. The van der Waals surface area contributed by atoms with E-state index in [1.165, 1.54) is 16.7 Å². The van der Waals surface area contributed by atoms with Crippen molar-refractivity contribution in [2.24, 2.45) is 5.73 Å². The first-order valence-electron chi connectivity index (χ1n) is 7.72. The molecule has 1 atom stereocenters. The summed E-state index contributed by atoms with van der Waals surface area (Å²) in [5.74, 6) is -2.51. The average molecular weight is 418 g/mol. The number of aliphatic carboxylic acids is 2. The second kappa shape index (κ2) is 11.0. The number of carbonyl (C=O) groups is 2. The Hall–Kier alpha value is -2.70. The van der Waals surface area contributed by atoms with Crippen molar-refractivity contribution in [1.29, 1.82) is 0 Å². The zero-order valence-corrected chi connectivity index (χ0v) is 15.8. The average Bonchev–Trinajstić information content (AvgIpc) is 2.60. The van der Waals surface area contributed by atoms with Gasteiger partial charge in [-0.3, -0.25) is 0 Å². The summed E-state index contributed by atoms with van der Waals surface area (Å²) in [7, 11) is 0. The highest BCUT2D eigenvalue weighted by Gasteiger charge is 2.05. The van der Waals surface area contributed by atoms with E-state index in [0.29, 0.717) is 12.2 Å². The SMILES string of the molecule is CC(N)/C=C(/c1ccccc1)c1ccc(Br)cc1.O=C(O)/C=C\C(=O)O. The molecule has 0 spiro atoms. The Balaban J connectivity index is 0.000000359. The summed E-state index contributed by atoms with van der Waals surface area (Å²) in [5.41, 5.74) is 9.46. The molecule has 0 aliphatic carbocycles. The van der Waals surface area contributed by atoms with Crippen LogP contribution in [0.1, 0.15) is 18.1 Å². The Morgan fingerprint density at radius 2 is 1.38 bits per heavy atom. The maximum absolute atomic E-state index is 9.55. The van der Waals surface area contributed by atoms with Crippen LogP contribution in [0.2, 0.25) is 0 Å². The van der Waals surface area contributed by atoms with Gasteiger partial charge >= 0.3 is 11.9 Å². The lowest BCUT2D eigenvalue weighted by molar-refractivity contribution is -0.134. The second-order valence-electron chi connectivity index (χ2n) is 5.32. The molecule has 6 heteroatoms. The minimum absolute atomic E-state index is 0.0313. The quantitative estimate of drug-likeness (QED) is 0.639. The molecule has 0 amide bonds. The smallest absolute Gasteiger partial charge is 0.328 e. The van der Waals surface area contributed by atoms with Crippen LogP contribution in [0.4, 0.5) is 0 Å². The zero-order valence-electron chi connectivity index (χ0n) is 14.2. The number of halogens is 1. The molecule has 26 heavy (non-hydrogen) atoms. The van der Waals surface area contributed by atoms with Crippen LogP contribution < -0.4 is 5.73 Å². The summed E-state index contributed by atoms with van der Waals surface area (Å²) < 4.78 is 1.08. The first kappa shape index (κ1) is 21.3. The first-order chi connectivity index (χ1) is 12.3. The minimum atomic E-state index is -1.26. The largest absolute Gasteiger partial charge is 0.478 e. The van der Waals surface area contributed by atoms with Gasteiger partial charge in [-0.15, -0.1) is 0 Å². The van der Waals surface area contributed by atoms with Crippen molar-refractivity contribution in [3.8, 4) is 0 Å². The normalized spacial score (nSPS) is 12.2. The van der Waals surface area contributed by atoms with Crippen molar-refractivity contribution in [2.75, 3.05) is 0 Å². The summed E-state index contributed by atoms with van der Waals surface area (Å²) in [5, 5.41) is 15.6. The van der Waals surface area contributed by atoms with E-state index in [9.17, 15) is 9.59 Å². The van der Waals surface area contributed by atoms with E-state index in [-0.39, 0.29) is 6.04 Å². The fourth-order valence-corrected chi connectivity index (χ4v) is 2.28. The number of hydrogen-bond acceptors (Lipinski definition) is 3. The summed E-state index contributed by atoms with van der Waals surface area (Å²) in [6.07, 6.45) is 3.21. The van der Waals surface area contributed by atoms with Gasteiger partial charge in [0.05, 0.1) is 0 Å². The van der Waals surface area contributed by atoms with E-state index >= 15 is 0 Å². The van der Waals surface area contributed by atoms with Gasteiger partial charge in [0, 0.05) is 22.7 Å². The molecule has 1 unspecified atom stereocenters. The fraction of sp³-hybridized carbons (Fsp3) is 0.100. The van der Waals surface area contributed by atoms with Gasteiger partial charge in [-0.25, -0.2) is 9.59 Å². The number of nitrogens with two attached hydrogens (primary N) is 1. The van der Waals surface area contributed by atoms with Crippen molar-refractivity contribution < 1.29 is 19.8 Å². The van der Waals surface area contributed by atoms with Crippen LogP contribution in [0.5, 0.6) is 0 Å². The Kier molecular flexibility index (Phi) is 9.05. The Morgan fingerprint density at radius 1 is 0.923 bits per heavy atom. The fourth-order valence-electron chi connectivity index (χ4n) is 2.01.